The Kier molecular flexibility index (Phi) is 11.6. The van der Waals surface area contributed by atoms with Gasteiger partial charge >= 0.3 is 0 Å². The van der Waals surface area contributed by atoms with E-state index in [1.165, 1.54) is 10.4 Å². The van der Waals surface area contributed by atoms with Crippen LogP contribution in [0.25, 0.3) is 28.4 Å². The lowest BCUT2D eigenvalue weighted by Crippen LogP contribution is -2.01. The Balaban J connectivity index is 0.000000214. The summed E-state index contributed by atoms with van der Waals surface area (Å²) in [4.78, 5) is 10.2. The molecule has 2 aromatic carbocycles. The number of nitrogens with zero attached hydrogens (tertiary/aromatic N) is 5. The number of aryl methyl sites for hydroxylation is 3. The van der Waals surface area contributed by atoms with E-state index in [-0.39, 0.29) is 0 Å². The first-order chi connectivity index (χ1) is 20.4. The standard InChI is InChI=1S/C18H18N4.C12H11N3S.2C2H6/c1-13-8-10-15(11-9-13)14(2)20-18-17(19)12-22(21-18)16-6-4-3-5-7-16;1-8-12(14-9(2)16-8)10-7-13-11-5-3-4-6-15(10)11;2*1-2/h3-12H,2,19H2,1H3,(H,20,21);3-7H,1-2H3;2*1-2H3. The van der Waals surface area contributed by atoms with Crippen LogP contribution in [-0.2, 0) is 0 Å². The van der Waals surface area contributed by atoms with Gasteiger partial charge in [-0.15, -0.1) is 16.4 Å². The molecular weight excluding hydrogens is 538 g/mol. The quantitative estimate of drug-likeness (QED) is 0.213. The molecule has 0 fully saturated rings. The number of fused-ring (bicyclic) bond motifs is 1. The van der Waals surface area contributed by atoms with Crippen molar-refractivity contribution in [3.63, 3.8) is 0 Å². The Morgan fingerprint density at radius 2 is 1.55 bits per heavy atom. The zero-order chi connectivity index (χ0) is 30.6. The average molecular weight is 580 g/mol. The van der Waals surface area contributed by atoms with E-state index in [9.17, 15) is 0 Å². The van der Waals surface area contributed by atoms with Gasteiger partial charge in [0.25, 0.3) is 0 Å². The molecule has 8 heteroatoms. The molecule has 0 atom stereocenters. The molecule has 0 spiro atoms. The second-order valence-corrected chi connectivity index (χ2v) is 10.3. The Morgan fingerprint density at radius 1 is 0.881 bits per heavy atom. The molecule has 4 aromatic heterocycles. The largest absolute Gasteiger partial charge is 0.394 e. The highest BCUT2D eigenvalue weighted by molar-refractivity contribution is 7.11. The van der Waals surface area contributed by atoms with Crippen molar-refractivity contribution >= 4 is 34.2 Å². The molecule has 6 rings (SSSR count). The van der Waals surface area contributed by atoms with Gasteiger partial charge in [-0.3, -0.25) is 4.40 Å². The van der Waals surface area contributed by atoms with E-state index in [4.69, 9.17) is 5.73 Å². The summed E-state index contributed by atoms with van der Waals surface area (Å²) in [6, 6.07) is 24.0. The second-order valence-electron chi connectivity index (χ2n) is 8.89. The van der Waals surface area contributed by atoms with E-state index >= 15 is 0 Å². The maximum absolute atomic E-state index is 6.04. The number of pyridine rings is 1. The van der Waals surface area contributed by atoms with Gasteiger partial charge in [0.2, 0.25) is 0 Å². The third-order valence-corrected chi connectivity index (χ3v) is 6.88. The molecule has 0 unspecified atom stereocenters. The number of imidazole rings is 1. The van der Waals surface area contributed by atoms with Crippen LogP contribution in [0, 0.1) is 20.8 Å². The predicted molar refractivity (Wildman–Crippen MR) is 180 cm³/mol. The maximum atomic E-state index is 6.04. The first-order valence-corrected chi connectivity index (χ1v) is 15.0. The summed E-state index contributed by atoms with van der Waals surface area (Å²) < 4.78 is 3.82. The Morgan fingerprint density at radius 3 is 2.19 bits per heavy atom. The van der Waals surface area contributed by atoms with Gasteiger partial charge in [0.05, 0.1) is 34.5 Å². The first kappa shape index (κ1) is 31.8. The summed E-state index contributed by atoms with van der Waals surface area (Å²) in [5.41, 5.74) is 13.6. The molecule has 0 saturated heterocycles. The number of thiazole rings is 1. The number of nitrogen functional groups attached to an aromatic ring is 1. The average Bonchev–Trinajstić information content (AvgIpc) is 3.72. The van der Waals surface area contributed by atoms with Gasteiger partial charge in [0.1, 0.15) is 11.3 Å². The van der Waals surface area contributed by atoms with Crippen LogP contribution < -0.4 is 11.1 Å². The van der Waals surface area contributed by atoms with Crippen LogP contribution in [0.1, 0.15) is 48.7 Å². The summed E-state index contributed by atoms with van der Waals surface area (Å²) >= 11 is 1.72. The number of nitrogens with two attached hydrogens (primary N) is 1. The van der Waals surface area contributed by atoms with Crippen molar-refractivity contribution in [2.75, 3.05) is 11.1 Å². The number of para-hydroxylation sites is 1. The number of aromatic nitrogens is 5. The van der Waals surface area contributed by atoms with E-state index in [1.54, 1.807) is 22.2 Å². The van der Waals surface area contributed by atoms with Crippen molar-refractivity contribution < 1.29 is 0 Å². The van der Waals surface area contributed by atoms with Crippen LogP contribution in [0.3, 0.4) is 0 Å². The van der Waals surface area contributed by atoms with Crippen LogP contribution in [0.4, 0.5) is 11.5 Å². The van der Waals surface area contributed by atoms with Crippen LogP contribution >= 0.6 is 11.3 Å². The van der Waals surface area contributed by atoms with Gasteiger partial charge in [-0.25, -0.2) is 14.6 Å². The van der Waals surface area contributed by atoms with Gasteiger partial charge in [-0.1, -0.05) is 88.4 Å². The Bertz CT molecular complexity index is 1690. The van der Waals surface area contributed by atoms with Crippen molar-refractivity contribution in [2.45, 2.75) is 48.5 Å². The van der Waals surface area contributed by atoms with E-state index in [0.717, 1.165) is 39.0 Å². The summed E-state index contributed by atoms with van der Waals surface area (Å²) in [5, 5.41) is 8.76. The number of hydrogen-bond donors (Lipinski definition) is 2. The highest BCUT2D eigenvalue weighted by Gasteiger charge is 2.12. The van der Waals surface area contributed by atoms with Crippen molar-refractivity contribution in [3.8, 4) is 17.1 Å². The van der Waals surface area contributed by atoms with Gasteiger partial charge in [0.15, 0.2) is 5.82 Å². The summed E-state index contributed by atoms with van der Waals surface area (Å²) in [5.74, 6) is 0.606. The molecule has 42 heavy (non-hydrogen) atoms. The summed E-state index contributed by atoms with van der Waals surface area (Å²) in [6.45, 7) is 18.2. The van der Waals surface area contributed by atoms with Crippen molar-refractivity contribution in [3.05, 3.63) is 119 Å². The highest BCUT2D eigenvalue weighted by Crippen LogP contribution is 2.27. The number of benzene rings is 2. The minimum Gasteiger partial charge on any atom is -0.394 e. The third kappa shape index (κ3) is 7.73. The molecule has 0 amide bonds. The summed E-state index contributed by atoms with van der Waals surface area (Å²) in [6.07, 6.45) is 5.70. The predicted octanol–water partition coefficient (Wildman–Crippen LogP) is 8.97. The van der Waals surface area contributed by atoms with Crippen LogP contribution in [-0.4, -0.2) is 24.1 Å². The van der Waals surface area contributed by atoms with E-state index in [0.29, 0.717) is 11.5 Å². The summed E-state index contributed by atoms with van der Waals surface area (Å²) in [7, 11) is 0. The van der Waals surface area contributed by atoms with Crippen LogP contribution in [0.2, 0.25) is 0 Å². The fourth-order valence-corrected chi connectivity index (χ4v) is 4.87. The molecule has 4 heterocycles. The SMILES string of the molecule is C=C(Nc1nn(-c2ccccc2)cc1N)c1ccc(C)cc1.CC.CC.Cc1nc(-c2cnc3ccccn23)c(C)s1. The zero-order valence-corrected chi connectivity index (χ0v) is 26.4. The monoisotopic (exact) mass is 579 g/mol. The maximum Gasteiger partial charge on any atom is 0.176 e. The molecular formula is C34H41N7S. The fourth-order valence-electron chi connectivity index (χ4n) is 4.04. The molecule has 0 bridgehead atoms. The molecule has 0 radical (unpaired) electrons. The molecule has 0 aliphatic rings. The highest BCUT2D eigenvalue weighted by atomic mass is 32.1. The van der Waals surface area contributed by atoms with Crippen molar-refractivity contribution in [1.82, 2.24) is 24.1 Å². The van der Waals surface area contributed by atoms with E-state index in [2.05, 4.69) is 45.2 Å². The lowest BCUT2D eigenvalue weighted by atomic mass is 10.1. The zero-order valence-electron chi connectivity index (χ0n) is 25.6. The normalized spacial score (nSPS) is 9.98. The Labute approximate surface area is 253 Å². The third-order valence-electron chi connectivity index (χ3n) is 6.00. The van der Waals surface area contributed by atoms with Gasteiger partial charge in [-0.2, -0.15) is 0 Å². The van der Waals surface area contributed by atoms with Gasteiger partial charge < -0.3 is 11.1 Å². The van der Waals surface area contributed by atoms with Crippen LogP contribution in [0.5, 0.6) is 0 Å². The number of nitrogens with one attached hydrogen (secondary N) is 1. The fraction of sp³-hybridized carbons (Fsp3) is 0.206. The Hall–Kier alpha value is -4.69. The number of rotatable bonds is 5. The molecule has 3 N–H and O–H groups in total. The lowest BCUT2D eigenvalue weighted by molar-refractivity contribution is 0.885. The van der Waals surface area contributed by atoms with E-state index in [1.807, 2.05) is 120 Å². The molecule has 0 aliphatic heterocycles. The van der Waals surface area contributed by atoms with Crippen molar-refractivity contribution in [2.24, 2.45) is 0 Å². The van der Waals surface area contributed by atoms with Crippen LogP contribution in [0.15, 0.2) is 98.0 Å². The minimum atomic E-state index is 0.581. The first-order valence-electron chi connectivity index (χ1n) is 14.2. The van der Waals surface area contributed by atoms with Gasteiger partial charge in [0, 0.05) is 16.8 Å². The minimum absolute atomic E-state index is 0.581. The molecule has 0 saturated carbocycles. The lowest BCUT2D eigenvalue weighted by Gasteiger charge is -2.08. The van der Waals surface area contributed by atoms with Crippen molar-refractivity contribution in [1.29, 1.82) is 0 Å². The number of anilines is 2. The topological polar surface area (TPSA) is 86.1 Å². The molecule has 218 valence electrons. The second kappa shape index (κ2) is 15.3. The molecule has 0 aliphatic carbocycles. The van der Waals surface area contributed by atoms with Gasteiger partial charge in [-0.05, 0) is 50.6 Å². The molecule has 7 nitrogen and oxygen atoms in total. The smallest absolute Gasteiger partial charge is 0.176 e. The number of hydrogen-bond acceptors (Lipinski definition) is 6. The van der Waals surface area contributed by atoms with E-state index < -0.39 is 0 Å². The molecule has 6 aromatic rings.